The Morgan fingerprint density at radius 1 is 0.944 bits per heavy atom. The second-order valence-corrected chi connectivity index (χ2v) is 6.70. The molecule has 4 unspecified atom stereocenters. The number of aliphatic hydroxyl groups is 1. The molecule has 18 heavy (non-hydrogen) atoms. The van der Waals surface area contributed by atoms with Crippen LogP contribution in [0.4, 0.5) is 0 Å². The van der Waals surface area contributed by atoms with E-state index < -0.39 is 0 Å². The second-order valence-electron chi connectivity index (χ2n) is 6.70. The molecule has 1 aliphatic carbocycles. The van der Waals surface area contributed by atoms with Crippen molar-refractivity contribution in [1.29, 1.82) is 0 Å². The Hall–Kier alpha value is -0.120. The molecule has 2 N–H and O–H groups in total. The SMILES string of the molecule is CN1C2CCCC1CC(NC1CCCCC1O)C2. The van der Waals surface area contributed by atoms with E-state index in [9.17, 15) is 5.11 Å². The van der Waals surface area contributed by atoms with Gasteiger partial charge in [0.25, 0.3) is 0 Å². The standard InChI is InChI=1S/C15H28N2O/c1-17-12-5-4-6-13(17)10-11(9-12)16-14-7-2-3-8-15(14)18/h11-16,18H,2-10H2,1H3. The molecule has 2 heterocycles. The lowest BCUT2D eigenvalue weighted by atomic mass is 9.81. The van der Waals surface area contributed by atoms with Crippen molar-refractivity contribution in [1.82, 2.24) is 10.2 Å². The smallest absolute Gasteiger partial charge is 0.0693 e. The van der Waals surface area contributed by atoms with Gasteiger partial charge in [-0.1, -0.05) is 19.3 Å². The minimum atomic E-state index is -0.0988. The third-order valence-electron chi connectivity index (χ3n) is 5.52. The topological polar surface area (TPSA) is 35.5 Å². The number of nitrogens with zero attached hydrogens (tertiary/aromatic N) is 1. The van der Waals surface area contributed by atoms with E-state index in [2.05, 4.69) is 17.3 Å². The fourth-order valence-electron chi connectivity index (χ4n) is 4.36. The molecule has 0 radical (unpaired) electrons. The molecule has 2 saturated heterocycles. The Labute approximate surface area is 111 Å². The van der Waals surface area contributed by atoms with E-state index in [0.717, 1.165) is 18.5 Å². The van der Waals surface area contributed by atoms with E-state index in [1.165, 1.54) is 51.4 Å². The first-order valence-electron chi connectivity index (χ1n) is 7.90. The summed E-state index contributed by atoms with van der Waals surface area (Å²) in [5.74, 6) is 0. The highest BCUT2D eigenvalue weighted by Gasteiger charge is 2.37. The molecule has 2 aliphatic heterocycles. The summed E-state index contributed by atoms with van der Waals surface area (Å²) in [5.41, 5.74) is 0. The van der Waals surface area contributed by atoms with Gasteiger partial charge in [0.1, 0.15) is 0 Å². The Morgan fingerprint density at radius 2 is 1.61 bits per heavy atom. The molecule has 1 saturated carbocycles. The van der Waals surface area contributed by atoms with Crippen molar-refractivity contribution >= 4 is 0 Å². The largest absolute Gasteiger partial charge is 0.392 e. The highest BCUT2D eigenvalue weighted by Crippen LogP contribution is 2.33. The first kappa shape index (κ1) is 12.9. The molecule has 0 aromatic rings. The van der Waals surface area contributed by atoms with Crippen molar-refractivity contribution in [2.24, 2.45) is 0 Å². The number of rotatable bonds is 2. The van der Waals surface area contributed by atoms with Crippen LogP contribution in [0.2, 0.25) is 0 Å². The molecular weight excluding hydrogens is 224 g/mol. The predicted molar refractivity (Wildman–Crippen MR) is 73.6 cm³/mol. The quantitative estimate of drug-likeness (QED) is 0.788. The van der Waals surface area contributed by atoms with Gasteiger partial charge in [-0.25, -0.2) is 0 Å². The van der Waals surface area contributed by atoms with Crippen LogP contribution in [-0.2, 0) is 0 Å². The Morgan fingerprint density at radius 3 is 2.28 bits per heavy atom. The van der Waals surface area contributed by atoms with Crippen LogP contribution in [0.25, 0.3) is 0 Å². The van der Waals surface area contributed by atoms with Crippen LogP contribution in [0.15, 0.2) is 0 Å². The molecule has 0 aromatic carbocycles. The summed E-state index contributed by atoms with van der Waals surface area (Å²) in [6.45, 7) is 0. The Kier molecular flexibility index (Phi) is 3.92. The van der Waals surface area contributed by atoms with Crippen LogP contribution in [-0.4, -0.2) is 47.3 Å². The molecule has 2 bridgehead atoms. The number of hydrogen-bond acceptors (Lipinski definition) is 3. The van der Waals surface area contributed by atoms with Crippen molar-refractivity contribution in [2.45, 2.75) is 88.1 Å². The average Bonchev–Trinajstić information content (AvgIpc) is 2.33. The average molecular weight is 252 g/mol. The molecule has 4 atom stereocenters. The van der Waals surface area contributed by atoms with E-state index >= 15 is 0 Å². The van der Waals surface area contributed by atoms with Crippen LogP contribution in [0.1, 0.15) is 57.8 Å². The van der Waals surface area contributed by atoms with Crippen LogP contribution >= 0.6 is 0 Å². The van der Waals surface area contributed by atoms with Crippen molar-refractivity contribution in [3.63, 3.8) is 0 Å². The monoisotopic (exact) mass is 252 g/mol. The Balaban J connectivity index is 1.57. The van der Waals surface area contributed by atoms with Crippen molar-refractivity contribution < 1.29 is 5.11 Å². The fourth-order valence-corrected chi connectivity index (χ4v) is 4.36. The van der Waals surface area contributed by atoms with E-state index in [-0.39, 0.29) is 6.10 Å². The molecule has 0 aromatic heterocycles. The zero-order chi connectivity index (χ0) is 12.5. The highest BCUT2D eigenvalue weighted by atomic mass is 16.3. The molecule has 104 valence electrons. The van der Waals surface area contributed by atoms with Crippen LogP contribution in [0, 0.1) is 0 Å². The summed E-state index contributed by atoms with van der Waals surface area (Å²) in [4.78, 5) is 2.61. The third kappa shape index (κ3) is 2.59. The van der Waals surface area contributed by atoms with Crippen LogP contribution in [0.3, 0.4) is 0 Å². The van der Waals surface area contributed by atoms with Gasteiger partial charge in [-0.2, -0.15) is 0 Å². The molecule has 3 rings (SSSR count). The van der Waals surface area contributed by atoms with E-state index in [0.29, 0.717) is 12.1 Å². The lowest BCUT2D eigenvalue weighted by Crippen LogP contribution is -2.57. The van der Waals surface area contributed by atoms with E-state index in [4.69, 9.17) is 0 Å². The van der Waals surface area contributed by atoms with Crippen molar-refractivity contribution in [2.75, 3.05) is 7.05 Å². The molecular formula is C15H28N2O. The van der Waals surface area contributed by atoms with Crippen LogP contribution in [0.5, 0.6) is 0 Å². The number of aliphatic hydroxyl groups excluding tert-OH is 1. The van der Waals surface area contributed by atoms with Gasteiger partial charge < -0.3 is 15.3 Å². The number of fused-ring (bicyclic) bond motifs is 2. The second kappa shape index (κ2) is 5.48. The molecule has 0 amide bonds. The number of hydrogen-bond donors (Lipinski definition) is 2. The maximum atomic E-state index is 10.1. The lowest BCUT2D eigenvalue weighted by Gasteiger charge is -2.48. The minimum absolute atomic E-state index is 0.0988. The maximum absolute atomic E-state index is 10.1. The highest BCUT2D eigenvalue weighted by molar-refractivity contribution is 4.95. The molecule has 3 fully saturated rings. The van der Waals surface area contributed by atoms with E-state index in [1.54, 1.807) is 0 Å². The summed E-state index contributed by atoms with van der Waals surface area (Å²) in [7, 11) is 2.31. The van der Waals surface area contributed by atoms with Crippen LogP contribution < -0.4 is 5.32 Å². The van der Waals surface area contributed by atoms with Gasteiger partial charge >= 0.3 is 0 Å². The molecule has 3 heteroatoms. The van der Waals surface area contributed by atoms with Gasteiger partial charge in [0, 0.05) is 24.2 Å². The van der Waals surface area contributed by atoms with Gasteiger partial charge in [0.05, 0.1) is 6.10 Å². The maximum Gasteiger partial charge on any atom is 0.0693 e. The van der Waals surface area contributed by atoms with Gasteiger partial charge in [-0.15, -0.1) is 0 Å². The molecule has 3 nitrogen and oxygen atoms in total. The first-order chi connectivity index (χ1) is 8.74. The number of piperidine rings is 2. The summed E-state index contributed by atoms with van der Waals surface area (Å²) in [5, 5.41) is 13.9. The predicted octanol–water partition coefficient (Wildman–Crippen LogP) is 1.89. The van der Waals surface area contributed by atoms with Crippen molar-refractivity contribution in [3.8, 4) is 0 Å². The fraction of sp³-hybridized carbons (Fsp3) is 1.00. The number of nitrogens with one attached hydrogen (secondary N) is 1. The summed E-state index contributed by atoms with van der Waals surface area (Å²) < 4.78 is 0. The Bertz CT molecular complexity index is 270. The summed E-state index contributed by atoms with van der Waals surface area (Å²) in [6.07, 6.45) is 11.3. The van der Waals surface area contributed by atoms with Gasteiger partial charge in [-0.05, 0) is 45.6 Å². The van der Waals surface area contributed by atoms with E-state index in [1.807, 2.05) is 0 Å². The van der Waals surface area contributed by atoms with Gasteiger partial charge in [0.15, 0.2) is 0 Å². The first-order valence-corrected chi connectivity index (χ1v) is 7.90. The normalized spacial score (nSPS) is 46.0. The summed E-state index contributed by atoms with van der Waals surface area (Å²) >= 11 is 0. The minimum Gasteiger partial charge on any atom is -0.392 e. The zero-order valence-corrected chi connectivity index (χ0v) is 11.6. The zero-order valence-electron chi connectivity index (χ0n) is 11.6. The summed E-state index contributed by atoms with van der Waals surface area (Å²) in [6, 6.07) is 2.59. The molecule has 3 aliphatic rings. The van der Waals surface area contributed by atoms with Gasteiger partial charge in [-0.3, -0.25) is 0 Å². The third-order valence-corrected chi connectivity index (χ3v) is 5.52. The molecule has 0 spiro atoms. The van der Waals surface area contributed by atoms with Crippen molar-refractivity contribution in [3.05, 3.63) is 0 Å². The van der Waals surface area contributed by atoms with Gasteiger partial charge in [0.2, 0.25) is 0 Å². The lowest BCUT2D eigenvalue weighted by molar-refractivity contribution is 0.0292.